The van der Waals surface area contributed by atoms with Gasteiger partial charge in [-0.25, -0.2) is 8.78 Å². The van der Waals surface area contributed by atoms with E-state index in [2.05, 4.69) is 0 Å². The molecular weight excluding hydrogens is 368 g/mol. The van der Waals surface area contributed by atoms with Crippen molar-refractivity contribution in [2.75, 3.05) is 27.3 Å². The molecular formula is C21H25F2NO4. The predicted molar refractivity (Wildman–Crippen MR) is 102 cm³/mol. The number of aliphatic hydroxyl groups is 1. The first-order valence-electron chi connectivity index (χ1n) is 8.88. The quantitative estimate of drug-likeness (QED) is 0.660. The second kappa shape index (κ2) is 9.61. The number of methoxy groups -OCH3 is 1. The predicted octanol–water partition coefficient (Wildman–Crippen LogP) is 3.61. The molecule has 0 bridgehead atoms. The van der Waals surface area contributed by atoms with E-state index in [0.717, 1.165) is 12.1 Å². The molecule has 2 aromatic carbocycles. The number of benzene rings is 2. The number of likely N-dealkylation sites (N-methyl/N-ethyl adjacent to an activating group) is 1. The van der Waals surface area contributed by atoms with Crippen molar-refractivity contribution in [3.63, 3.8) is 0 Å². The third-order valence-corrected chi connectivity index (χ3v) is 4.59. The number of Topliss-reactive ketones (excluding diaryl/α,β-unsaturated/α-hetero) is 1. The molecule has 0 amide bonds. The highest BCUT2D eigenvalue weighted by molar-refractivity contribution is 5.94. The van der Waals surface area contributed by atoms with Crippen molar-refractivity contribution in [2.45, 2.75) is 26.0 Å². The molecule has 28 heavy (non-hydrogen) atoms. The molecule has 0 radical (unpaired) electrons. The molecule has 0 spiro atoms. The van der Waals surface area contributed by atoms with E-state index >= 15 is 0 Å². The Balaban J connectivity index is 1.95. The van der Waals surface area contributed by atoms with Crippen LogP contribution in [0.2, 0.25) is 0 Å². The van der Waals surface area contributed by atoms with Gasteiger partial charge in [-0.2, -0.15) is 0 Å². The Morgan fingerprint density at radius 1 is 1.14 bits per heavy atom. The summed E-state index contributed by atoms with van der Waals surface area (Å²) >= 11 is 0. The number of rotatable bonds is 9. The van der Waals surface area contributed by atoms with E-state index in [1.807, 2.05) is 11.8 Å². The summed E-state index contributed by atoms with van der Waals surface area (Å²) in [6.07, 6.45) is -0.824. The van der Waals surface area contributed by atoms with Crippen LogP contribution in [0.5, 0.6) is 11.5 Å². The van der Waals surface area contributed by atoms with Crippen LogP contribution < -0.4 is 9.47 Å². The average molecular weight is 393 g/mol. The lowest BCUT2D eigenvalue weighted by Crippen LogP contribution is -2.34. The van der Waals surface area contributed by atoms with E-state index in [9.17, 15) is 18.7 Å². The Morgan fingerprint density at radius 2 is 1.86 bits per heavy atom. The van der Waals surface area contributed by atoms with Gasteiger partial charge < -0.3 is 14.6 Å². The van der Waals surface area contributed by atoms with Crippen molar-refractivity contribution in [1.29, 1.82) is 0 Å². The van der Waals surface area contributed by atoms with Crippen molar-refractivity contribution < 1.29 is 28.2 Å². The highest BCUT2D eigenvalue weighted by atomic mass is 19.2. The first-order valence-corrected chi connectivity index (χ1v) is 8.88. The zero-order valence-corrected chi connectivity index (χ0v) is 16.4. The number of carbonyl (C=O) groups is 1. The summed E-state index contributed by atoms with van der Waals surface area (Å²) in [6, 6.07) is 8.37. The molecule has 0 aliphatic heterocycles. The number of hydrogen-bond donors (Lipinski definition) is 1. The third kappa shape index (κ3) is 5.50. The minimum absolute atomic E-state index is 0.00458. The Kier molecular flexibility index (Phi) is 7.48. The van der Waals surface area contributed by atoms with E-state index in [1.54, 1.807) is 25.2 Å². The highest BCUT2D eigenvalue weighted by Gasteiger charge is 2.18. The van der Waals surface area contributed by atoms with Crippen molar-refractivity contribution in [3.05, 3.63) is 59.2 Å². The summed E-state index contributed by atoms with van der Waals surface area (Å²) in [6.45, 7) is 3.56. The molecule has 0 unspecified atom stereocenters. The van der Waals surface area contributed by atoms with Gasteiger partial charge in [-0.1, -0.05) is 6.07 Å². The number of aliphatic hydroxyl groups excluding tert-OH is 1. The number of ether oxygens (including phenoxy) is 2. The van der Waals surface area contributed by atoms with Crippen molar-refractivity contribution in [1.82, 2.24) is 4.90 Å². The van der Waals surface area contributed by atoms with Gasteiger partial charge in [0.25, 0.3) is 0 Å². The zero-order chi connectivity index (χ0) is 20.8. The van der Waals surface area contributed by atoms with Gasteiger partial charge in [0.15, 0.2) is 28.9 Å². The second-order valence-electron chi connectivity index (χ2n) is 6.68. The van der Waals surface area contributed by atoms with Crippen LogP contribution in [0.4, 0.5) is 8.78 Å². The molecule has 2 atom stereocenters. The van der Waals surface area contributed by atoms with E-state index in [4.69, 9.17) is 9.47 Å². The first-order chi connectivity index (χ1) is 13.2. The summed E-state index contributed by atoms with van der Waals surface area (Å²) < 4.78 is 37.4. The van der Waals surface area contributed by atoms with Gasteiger partial charge in [-0.05, 0) is 56.8 Å². The van der Waals surface area contributed by atoms with E-state index in [1.165, 1.54) is 20.1 Å². The molecule has 5 nitrogen and oxygen atoms in total. The van der Waals surface area contributed by atoms with E-state index in [-0.39, 0.29) is 25.0 Å². The summed E-state index contributed by atoms with van der Waals surface area (Å²) in [4.78, 5) is 13.3. The summed E-state index contributed by atoms with van der Waals surface area (Å²) in [5.74, 6) is -1.05. The van der Waals surface area contributed by atoms with Crippen LogP contribution in [0.1, 0.15) is 35.8 Å². The zero-order valence-electron chi connectivity index (χ0n) is 16.4. The van der Waals surface area contributed by atoms with Crippen LogP contribution in [0.25, 0.3) is 0 Å². The lowest BCUT2D eigenvalue weighted by molar-refractivity contribution is 0.0643. The molecule has 0 heterocycles. The number of ketones is 1. The van der Waals surface area contributed by atoms with Gasteiger partial charge in [0.2, 0.25) is 0 Å². The molecule has 0 saturated carbocycles. The number of nitrogens with zero attached hydrogens (tertiary/aromatic N) is 1. The fourth-order valence-electron chi connectivity index (χ4n) is 2.76. The largest absolute Gasteiger partial charge is 0.493 e. The van der Waals surface area contributed by atoms with Crippen LogP contribution in [0.15, 0.2) is 36.4 Å². The topological polar surface area (TPSA) is 59.0 Å². The van der Waals surface area contributed by atoms with E-state index < -0.39 is 17.7 Å². The van der Waals surface area contributed by atoms with Crippen LogP contribution in [-0.2, 0) is 0 Å². The monoisotopic (exact) mass is 393 g/mol. The first kappa shape index (κ1) is 21.8. The Bertz CT molecular complexity index is 828. The fraction of sp³-hybridized carbons (Fsp3) is 0.381. The van der Waals surface area contributed by atoms with E-state index in [0.29, 0.717) is 22.6 Å². The number of hydrogen-bond acceptors (Lipinski definition) is 5. The molecule has 2 aromatic rings. The smallest absolute Gasteiger partial charge is 0.161 e. The normalized spacial score (nSPS) is 13.3. The van der Waals surface area contributed by atoms with Crippen LogP contribution >= 0.6 is 0 Å². The maximum absolute atomic E-state index is 13.4. The van der Waals surface area contributed by atoms with Gasteiger partial charge in [0.05, 0.1) is 7.11 Å². The fourth-order valence-corrected chi connectivity index (χ4v) is 2.76. The van der Waals surface area contributed by atoms with Crippen LogP contribution in [-0.4, -0.2) is 49.2 Å². The maximum atomic E-state index is 13.4. The van der Waals surface area contributed by atoms with Gasteiger partial charge in [0, 0.05) is 18.2 Å². The minimum atomic E-state index is -0.900. The van der Waals surface area contributed by atoms with Crippen LogP contribution in [0.3, 0.4) is 0 Å². The standard InChI is InChI=1S/C21H25F2NO4/c1-13(15-5-7-18(22)19(23)9-15)24(3)11-17(26)12-28-20-8-6-16(14(2)25)10-21(20)27-4/h5-10,13,17,26H,11-12H2,1-4H3/t13-,17+/m0/s1. The Labute approximate surface area is 163 Å². The maximum Gasteiger partial charge on any atom is 0.161 e. The molecule has 0 aliphatic rings. The lowest BCUT2D eigenvalue weighted by atomic mass is 10.1. The Hall–Kier alpha value is -2.51. The molecule has 2 rings (SSSR count). The molecule has 152 valence electrons. The molecule has 0 aliphatic carbocycles. The third-order valence-electron chi connectivity index (χ3n) is 4.59. The SMILES string of the molecule is COc1cc(C(C)=O)ccc1OC[C@H](O)CN(C)[C@@H](C)c1ccc(F)c(F)c1. The molecule has 0 saturated heterocycles. The molecule has 1 N–H and O–H groups in total. The molecule has 0 aromatic heterocycles. The highest BCUT2D eigenvalue weighted by Crippen LogP contribution is 2.28. The van der Waals surface area contributed by atoms with Gasteiger partial charge in [-0.15, -0.1) is 0 Å². The summed E-state index contributed by atoms with van der Waals surface area (Å²) in [5.41, 5.74) is 1.11. The Morgan fingerprint density at radius 3 is 2.46 bits per heavy atom. The average Bonchev–Trinajstić information content (AvgIpc) is 2.67. The summed E-state index contributed by atoms with van der Waals surface area (Å²) in [5, 5.41) is 10.3. The molecule has 0 fully saturated rings. The van der Waals surface area contributed by atoms with Gasteiger partial charge >= 0.3 is 0 Å². The minimum Gasteiger partial charge on any atom is -0.493 e. The van der Waals surface area contributed by atoms with Crippen LogP contribution in [0, 0.1) is 11.6 Å². The summed E-state index contributed by atoms with van der Waals surface area (Å²) in [7, 11) is 3.25. The second-order valence-corrected chi connectivity index (χ2v) is 6.68. The number of carbonyl (C=O) groups excluding carboxylic acids is 1. The lowest BCUT2D eigenvalue weighted by Gasteiger charge is -2.27. The van der Waals surface area contributed by atoms with Gasteiger partial charge in [-0.3, -0.25) is 9.69 Å². The van der Waals surface area contributed by atoms with Crippen molar-refractivity contribution in [2.24, 2.45) is 0 Å². The number of halogens is 2. The van der Waals surface area contributed by atoms with Crippen molar-refractivity contribution in [3.8, 4) is 11.5 Å². The van der Waals surface area contributed by atoms with Crippen molar-refractivity contribution >= 4 is 5.78 Å². The molecule has 7 heteroatoms. The van der Waals surface area contributed by atoms with Gasteiger partial charge in [0.1, 0.15) is 12.7 Å².